The van der Waals surface area contributed by atoms with E-state index in [2.05, 4.69) is 10.1 Å². The van der Waals surface area contributed by atoms with Crippen LogP contribution in [0.25, 0.3) is 17.1 Å². The van der Waals surface area contributed by atoms with Gasteiger partial charge in [0.15, 0.2) is 12.2 Å². The molecule has 1 unspecified atom stereocenters. The first-order valence-electron chi connectivity index (χ1n) is 12.0. The molecule has 0 N–H and O–H groups in total. The lowest BCUT2D eigenvalue weighted by Gasteiger charge is -2.29. The molecule has 0 amide bonds. The van der Waals surface area contributed by atoms with Gasteiger partial charge in [0.05, 0.1) is 25.5 Å². The van der Waals surface area contributed by atoms with E-state index in [-0.39, 0.29) is 24.4 Å². The largest absolute Gasteiger partial charge is 0.462 e. The Kier molecular flexibility index (Phi) is 6.76. The number of hydrogen-bond acceptors (Lipinski definition) is 7. The Labute approximate surface area is 202 Å². The first kappa shape index (κ1) is 23.0. The van der Waals surface area contributed by atoms with E-state index in [1.54, 1.807) is 19.2 Å². The molecule has 1 saturated carbocycles. The summed E-state index contributed by atoms with van der Waals surface area (Å²) in [5.41, 5.74) is 1.35. The Hall–Kier alpha value is -3.72. The molecule has 0 spiro atoms. The molecule has 5 rings (SSSR count). The minimum absolute atomic E-state index is 0.0870. The molecule has 182 valence electrons. The van der Waals surface area contributed by atoms with E-state index >= 15 is 0 Å². The molecule has 9 heteroatoms. The fraction of sp³-hybridized carbons (Fsp3) is 0.385. The second kappa shape index (κ2) is 10.3. The summed E-state index contributed by atoms with van der Waals surface area (Å²) < 4.78 is 20.2. The van der Waals surface area contributed by atoms with Crippen molar-refractivity contribution >= 4 is 11.6 Å². The van der Waals surface area contributed by atoms with Crippen LogP contribution >= 0.6 is 0 Å². The molecule has 0 aliphatic heterocycles. The van der Waals surface area contributed by atoms with Crippen LogP contribution in [-0.2, 0) is 16.0 Å². The van der Waals surface area contributed by atoms with Gasteiger partial charge in [-0.2, -0.15) is 9.61 Å². The maximum Gasteiger partial charge on any atom is 0.345 e. The van der Waals surface area contributed by atoms with Gasteiger partial charge >= 0.3 is 5.97 Å². The van der Waals surface area contributed by atoms with E-state index in [0.29, 0.717) is 23.6 Å². The number of benzene rings is 1. The predicted molar refractivity (Wildman–Crippen MR) is 128 cm³/mol. The van der Waals surface area contributed by atoms with Crippen LogP contribution in [0.5, 0.6) is 0 Å². The normalized spacial score (nSPS) is 15.3. The van der Waals surface area contributed by atoms with Crippen molar-refractivity contribution in [1.29, 1.82) is 0 Å². The Morgan fingerprint density at radius 3 is 2.71 bits per heavy atom. The standard InChI is InChI=1S/C26H28N4O5/c1-2-33-26(32)20-15-29(24-13-21(22-14-27-17-34-22)28-30(24)25(20)31)16-23(18-9-5-3-6-10-18)35-19-11-7-4-8-12-19/h3,5-6,9-10,13-15,17,19,23H,2,4,7-8,11-12,16H2,1H3. The van der Waals surface area contributed by atoms with Gasteiger partial charge in [-0.05, 0) is 25.3 Å². The molecule has 9 nitrogen and oxygen atoms in total. The topological polar surface area (TPSA) is 101 Å². The average Bonchev–Trinajstić information content (AvgIpc) is 3.57. The zero-order chi connectivity index (χ0) is 24.2. The first-order chi connectivity index (χ1) is 17.1. The summed E-state index contributed by atoms with van der Waals surface area (Å²) in [4.78, 5) is 29.7. The van der Waals surface area contributed by atoms with Crippen LogP contribution < -0.4 is 5.56 Å². The molecule has 1 aliphatic rings. The highest BCUT2D eigenvalue weighted by Crippen LogP contribution is 2.29. The molecule has 0 saturated heterocycles. The number of ether oxygens (including phenoxy) is 2. The third-order valence-electron chi connectivity index (χ3n) is 6.32. The Bertz CT molecular complexity index is 1340. The molecule has 1 atom stereocenters. The van der Waals surface area contributed by atoms with Gasteiger partial charge < -0.3 is 18.5 Å². The Morgan fingerprint density at radius 2 is 2.00 bits per heavy atom. The monoisotopic (exact) mass is 476 g/mol. The van der Waals surface area contributed by atoms with E-state index in [0.717, 1.165) is 31.2 Å². The van der Waals surface area contributed by atoms with Gasteiger partial charge in [-0.25, -0.2) is 9.78 Å². The van der Waals surface area contributed by atoms with Crippen LogP contribution in [0.3, 0.4) is 0 Å². The third kappa shape index (κ3) is 4.90. The van der Waals surface area contributed by atoms with E-state index in [4.69, 9.17) is 13.9 Å². The minimum Gasteiger partial charge on any atom is -0.462 e. The second-order valence-electron chi connectivity index (χ2n) is 8.68. The lowest BCUT2D eigenvalue weighted by atomic mass is 9.97. The number of oxazole rings is 1. The summed E-state index contributed by atoms with van der Waals surface area (Å²) in [7, 11) is 0. The van der Waals surface area contributed by atoms with Gasteiger partial charge in [0, 0.05) is 12.3 Å². The van der Waals surface area contributed by atoms with E-state index in [1.807, 2.05) is 34.9 Å². The van der Waals surface area contributed by atoms with Crippen LogP contribution in [0.1, 0.15) is 61.1 Å². The molecule has 3 aromatic heterocycles. The summed E-state index contributed by atoms with van der Waals surface area (Å²) in [5.74, 6) is -0.260. The Balaban J connectivity index is 1.59. The van der Waals surface area contributed by atoms with Crippen LogP contribution in [0.2, 0.25) is 0 Å². The van der Waals surface area contributed by atoms with E-state index in [9.17, 15) is 9.59 Å². The molecule has 1 aliphatic carbocycles. The number of carbonyl (C=O) groups excluding carboxylic acids is 1. The Morgan fingerprint density at radius 1 is 1.20 bits per heavy atom. The van der Waals surface area contributed by atoms with Crippen molar-refractivity contribution in [1.82, 2.24) is 19.2 Å². The maximum atomic E-state index is 13.2. The quantitative estimate of drug-likeness (QED) is 0.347. The van der Waals surface area contributed by atoms with E-state index < -0.39 is 11.5 Å². The van der Waals surface area contributed by atoms with Gasteiger partial charge in [-0.15, -0.1) is 0 Å². The van der Waals surface area contributed by atoms with Gasteiger partial charge in [-0.1, -0.05) is 49.6 Å². The fourth-order valence-corrected chi connectivity index (χ4v) is 4.58. The van der Waals surface area contributed by atoms with Crippen molar-refractivity contribution in [3.63, 3.8) is 0 Å². The number of esters is 1. The number of rotatable bonds is 8. The molecule has 3 heterocycles. The van der Waals surface area contributed by atoms with Crippen molar-refractivity contribution in [2.75, 3.05) is 6.61 Å². The molecule has 0 radical (unpaired) electrons. The minimum atomic E-state index is -0.686. The van der Waals surface area contributed by atoms with Crippen molar-refractivity contribution in [2.24, 2.45) is 0 Å². The van der Waals surface area contributed by atoms with E-state index in [1.165, 1.54) is 23.5 Å². The fourth-order valence-electron chi connectivity index (χ4n) is 4.58. The summed E-state index contributed by atoms with van der Waals surface area (Å²) in [6, 6.07) is 11.8. The molecule has 1 fully saturated rings. The van der Waals surface area contributed by atoms with Crippen LogP contribution in [0.15, 0.2) is 64.4 Å². The van der Waals surface area contributed by atoms with Gasteiger partial charge in [0.1, 0.15) is 23.0 Å². The van der Waals surface area contributed by atoms with Gasteiger partial charge in [0.25, 0.3) is 5.56 Å². The van der Waals surface area contributed by atoms with Crippen LogP contribution in [-0.4, -0.2) is 37.8 Å². The zero-order valence-corrected chi connectivity index (χ0v) is 19.6. The predicted octanol–water partition coefficient (Wildman–Crippen LogP) is 4.42. The second-order valence-corrected chi connectivity index (χ2v) is 8.68. The number of carbonyl (C=O) groups is 1. The highest BCUT2D eigenvalue weighted by Gasteiger charge is 2.24. The smallest absolute Gasteiger partial charge is 0.345 e. The van der Waals surface area contributed by atoms with Crippen molar-refractivity contribution < 1.29 is 18.7 Å². The van der Waals surface area contributed by atoms with Crippen molar-refractivity contribution in [2.45, 2.75) is 57.8 Å². The first-order valence-corrected chi connectivity index (χ1v) is 12.0. The molecule has 1 aromatic carbocycles. The summed E-state index contributed by atoms with van der Waals surface area (Å²) in [5, 5.41) is 4.42. The molecular weight excluding hydrogens is 448 g/mol. The van der Waals surface area contributed by atoms with Crippen molar-refractivity contribution in [3.05, 3.63) is 76.7 Å². The number of hydrogen-bond donors (Lipinski definition) is 0. The maximum absolute atomic E-state index is 13.2. The van der Waals surface area contributed by atoms with Crippen molar-refractivity contribution in [3.8, 4) is 11.5 Å². The lowest BCUT2D eigenvalue weighted by Crippen LogP contribution is -2.29. The highest BCUT2D eigenvalue weighted by molar-refractivity contribution is 5.89. The zero-order valence-electron chi connectivity index (χ0n) is 19.6. The molecule has 4 aromatic rings. The number of aromatic nitrogens is 4. The molecule has 35 heavy (non-hydrogen) atoms. The molecular formula is C26H28N4O5. The van der Waals surface area contributed by atoms with Gasteiger partial charge in [-0.3, -0.25) is 4.79 Å². The highest BCUT2D eigenvalue weighted by atomic mass is 16.5. The lowest BCUT2D eigenvalue weighted by molar-refractivity contribution is -0.0388. The molecule has 0 bridgehead atoms. The summed E-state index contributed by atoms with van der Waals surface area (Å²) >= 11 is 0. The van der Waals surface area contributed by atoms with Gasteiger partial charge in [0.2, 0.25) is 0 Å². The van der Waals surface area contributed by atoms with Crippen LogP contribution in [0.4, 0.5) is 0 Å². The number of nitrogens with zero attached hydrogens (tertiary/aromatic N) is 4. The third-order valence-corrected chi connectivity index (χ3v) is 6.32. The summed E-state index contributed by atoms with van der Waals surface area (Å²) in [6.45, 7) is 2.25. The average molecular weight is 477 g/mol. The number of fused-ring (bicyclic) bond motifs is 1. The van der Waals surface area contributed by atoms with Crippen LogP contribution in [0, 0.1) is 0 Å². The summed E-state index contributed by atoms with van der Waals surface area (Å²) in [6.07, 6.45) is 9.88. The SMILES string of the molecule is CCOC(=O)c1cn(CC(OC2CCCCC2)c2ccccc2)c2cc(-c3cnco3)nn2c1=O.